The van der Waals surface area contributed by atoms with Crippen molar-refractivity contribution in [3.8, 4) is 5.75 Å². The van der Waals surface area contributed by atoms with E-state index in [1.54, 1.807) is 12.4 Å². The number of benzene rings is 1. The van der Waals surface area contributed by atoms with Crippen molar-refractivity contribution in [2.75, 3.05) is 43.4 Å². The summed E-state index contributed by atoms with van der Waals surface area (Å²) >= 11 is 0. The lowest BCUT2D eigenvalue weighted by Crippen LogP contribution is -2.37. The Hall–Kier alpha value is -3.86. The first-order valence-electron chi connectivity index (χ1n) is 13.7. The minimum absolute atomic E-state index is 0.117. The summed E-state index contributed by atoms with van der Waals surface area (Å²) in [5, 5.41) is 16.0. The third kappa shape index (κ3) is 9.11. The van der Waals surface area contributed by atoms with E-state index in [0.29, 0.717) is 26.1 Å². The van der Waals surface area contributed by atoms with Crippen LogP contribution in [0.25, 0.3) is 0 Å². The molecule has 1 aliphatic heterocycles. The molecule has 0 fully saturated rings. The van der Waals surface area contributed by atoms with Crippen LogP contribution in [0.3, 0.4) is 0 Å². The molecule has 0 saturated heterocycles. The molecule has 11 heteroatoms. The molecule has 0 bridgehead atoms. The second-order valence-electron chi connectivity index (χ2n) is 10.0. The summed E-state index contributed by atoms with van der Waals surface area (Å²) in [6, 6.07) is 6.43. The maximum atomic E-state index is 13.5. The summed E-state index contributed by atoms with van der Waals surface area (Å²) in [5.74, 6) is -1.04. The largest absolute Gasteiger partial charge is 0.492 e. The molecule has 0 aliphatic carbocycles. The first kappa shape index (κ1) is 29.1. The van der Waals surface area contributed by atoms with Crippen LogP contribution in [-0.4, -0.2) is 69.8 Å². The maximum absolute atomic E-state index is 13.5. The van der Waals surface area contributed by atoms with Crippen LogP contribution < -0.4 is 15.4 Å². The SMILES string of the molecule is Cc1cnc(NC(CCN(CCCCc2ccc3c(n2)NCCC3)CCOc2cc(F)cc(F)c2)C(=O)O)nc1. The van der Waals surface area contributed by atoms with Crippen molar-refractivity contribution in [1.29, 1.82) is 0 Å². The van der Waals surface area contributed by atoms with Crippen molar-refractivity contribution < 1.29 is 23.4 Å². The summed E-state index contributed by atoms with van der Waals surface area (Å²) in [7, 11) is 0. The lowest BCUT2D eigenvalue weighted by molar-refractivity contribution is -0.138. The van der Waals surface area contributed by atoms with E-state index in [9.17, 15) is 18.7 Å². The lowest BCUT2D eigenvalue weighted by Gasteiger charge is -2.24. The number of nitrogens with zero attached hydrogens (tertiary/aromatic N) is 4. The number of anilines is 2. The van der Waals surface area contributed by atoms with Gasteiger partial charge in [-0.15, -0.1) is 0 Å². The Morgan fingerprint density at radius 1 is 1.12 bits per heavy atom. The molecule has 9 nitrogen and oxygen atoms in total. The van der Waals surface area contributed by atoms with E-state index in [-0.39, 0.29) is 18.3 Å². The normalized spacial score (nSPS) is 13.4. The number of hydrogen-bond donors (Lipinski definition) is 3. The zero-order valence-electron chi connectivity index (χ0n) is 22.7. The highest BCUT2D eigenvalue weighted by molar-refractivity contribution is 5.76. The van der Waals surface area contributed by atoms with Gasteiger partial charge in [-0.05, 0) is 69.2 Å². The molecule has 0 saturated carbocycles. The van der Waals surface area contributed by atoms with Crippen molar-refractivity contribution in [3.05, 3.63) is 71.2 Å². The molecule has 3 aromatic rings. The number of halogens is 2. The average molecular weight is 555 g/mol. The van der Waals surface area contributed by atoms with E-state index in [1.165, 1.54) is 5.56 Å². The van der Waals surface area contributed by atoms with Gasteiger partial charge in [-0.3, -0.25) is 4.90 Å². The molecule has 1 aromatic carbocycles. The van der Waals surface area contributed by atoms with Crippen LogP contribution >= 0.6 is 0 Å². The minimum Gasteiger partial charge on any atom is -0.492 e. The Morgan fingerprint density at radius 3 is 2.65 bits per heavy atom. The van der Waals surface area contributed by atoms with E-state index < -0.39 is 23.6 Å². The van der Waals surface area contributed by atoms with Crippen molar-refractivity contribution in [2.24, 2.45) is 0 Å². The molecular weight excluding hydrogens is 518 g/mol. The minimum atomic E-state index is -0.997. The predicted octanol–water partition coefficient (Wildman–Crippen LogP) is 4.48. The number of carboxylic acid groups (broad SMARTS) is 1. The van der Waals surface area contributed by atoms with E-state index >= 15 is 0 Å². The average Bonchev–Trinajstić information content (AvgIpc) is 2.93. The first-order chi connectivity index (χ1) is 19.4. The predicted molar refractivity (Wildman–Crippen MR) is 149 cm³/mol. The van der Waals surface area contributed by atoms with Crippen molar-refractivity contribution in [2.45, 2.75) is 51.5 Å². The second kappa shape index (κ2) is 14.5. The highest BCUT2D eigenvalue weighted by Gasteiger charge is 2.20. The Kier molecular flexibility index (Phi) is 10.6. The number of fused-ring (bicyclic) bond motifs is 1. The fraction of sp³-hybridized carbons (Fsp3) is 0.448. The highest BCUT2D eigenvalue weighted by Crippen LogP contribution is 2.20. The quantitative estimate of drug-likeness (QED) is 0.234. The Morgan fingerprint density at radius 2 is 1.90 bits per heavy atom. The third-order valence-electron chi connectivity index (χ3n) is 6.74. The fourth-order valence-electron chi connectivity index (χ4n) is 4.58. The number of aliphatic carboxylic acids is 1. The van der Waals surface area contributed by atoms with Gasteiger partial charge in [-0.25, -0.2) is 28.5 Å². The van der Waals surface area contributed by atoms with Crippen LogP contribution in [0.15, 0.2) is 42.7 Å². The second-order valence-corrected chi connectivity index (χ2v) is 10.0. The molecule has 4 rings (SSSR count). The topological polar surface area (TPSA) is 112 Å². The van der Waals surface area contributed by atoms with Gasteiger partial charge in [0.2, 0.25) is 5.95 Å². The molecule has 0 spiro atoms. The lowest BCUT2D eigenvalue weighted by atomic mass is 10.1. The molecule has 1 unspecified atom stereocenters. The molecule has 2 aromatic heterocycles. The van der Waals surface area contributed by atoms with Crippen molar-refractivity contribution >= 4 is 17.7 Å². The molecule has 1 atom stereocenters. The van der Waals surface area contributed by atoms with Gasteiger partial charge in [0.1, 0.15) is 35.9 Å². The van der Waals surface area contributed by atoms with Crippen LogP contribution in [0, 0.1) is 18.6 Å². The Labute approximate surface area is 233 Å². The Bertz CT molecular complexity index is 1240. The maximum Gasteiger partial charge on any atom is 0.326 e. The van der Waals surface area contributed by atoms with Crippen LogP contribution in [-0.2, 0) is 17.6 Å². The number of carbonyl (C=O) groups is 1. The van der Waals surface area contributed by atoms with Gasteiger partial charge < -0.3 is 20.5 Å². The number of rotatable bonds is 15. The van der Waals surface area contributed by atoms with Crippen LogP contribution in [0.4, 0.5) is 20.5 Å². The number of ether oxygens (including phenoxy) is 1. The van der Waals surface area contributed by atoms with Crippen LogP contribution in [0.1, 0.15) is 42.5 Å². The summed E-state index contributed by atoms with van der Waals surface area (Å²) in [6.07, 6.45) is 8.35. The number of nitrogens with one attached hydrogen (secondary N) is 2. The van der Waals surface area contributed by atoms with E-state index in [0.717, 1.165) is 73.9 Å². The van der Waals surface area contributed by atoms with Gasteiger partial charge in [0, 0.05) is 55.9 Å². The Balaban J connectivity index is 1.31. The molecule has 3 N–H and O–H groups in total. The first-order valence-corrected chi connectivity index (χ1v) is 13.7. The smallest absolute Gasteiger partial charge is 0.326 e. The molecule has 0 radical (unpaired) electrons. The zero-order valence-corrected chi connectivity index (χ0v) is 22.7. The standard InChI is InChI=1S/C29H36F2N6O3/c1-20-18-33-29(34-19-20)36-26(28(38)39)9-12-37(13-14-40-25-16-22(30)15-23(31)17-25)11-3-2-6-24-8-7-21-5-4-10-32-27(21)35-24/h7-8,15-19,26H,2-6,9-14H2,1H3,(H,32,35)(H,38,39)(H,33,34,36). The fourth-order valence-corrected chi connectivity index (χ4v) is 4.58. The molecule has 3 heterocycles. The molecular formula is C29H36F2N6O3. The number of aromatic nitrogens is 3. The molecule has 0 amide bonds. The molecule has 214 valence electrons. The number of pyridine rings is 1. The van der Waals surface area contributed by atoms with Gasteiger partial charge in [0.15, 0.2) is 0 Å². The number of unbranched alkanes of at least 4 members (excludes halogenated alkanes) is 1. The van der Waals surface area contributed by atoms with Gasteiger partial charge in [-0.1, -0.05) is 6.07 Å². The van der Waals surface area contributed by atoms with E-state index in [2.05, 4.69) is 37.6 Å². The van der Waals surface area contributed by atoms with Gasteiger partial charge >= 0.3 is 5.97 Å². The van der Waals surface area contributed by atoms with E-state index in [4.69, 9.17) is 9.72 Å². The monoisotopic (exact) mass is 554 g/mol. The summed E-state index contributed by atoms with van der Waals surface area (Å²) in [5.41, 5.74) is 3.19. The van der Waals surface area contributed by atoms with E-state index in [1.807, 2.05) is 6.92 Å². The summed E-state index contributed by atoms with van der Waals surface area (Å²) < 4.78 is 32.7. The third-order valence-corrected chi connectivity index (χ3v) is 6.74. The van der Waals surface area contributed by atoms with Crippen LogP contribution in [0.2, 0.25) is 0 Å². The highest BCUT2D eigenvalue weighted by atomic mass is 19.1. The van der Waals surface area contributed by atoms with Crippen molar-refractivity contribution in [3.63, 3.8) is 0 Å². The molecule has 1 aliphatic rings. The number of hydrogen-bond acceptors (Lipinski definition) is 8. The molecule has 40 heavy (non-hydrogen) atoms. The number of carboxylic acids is 1. The summed E-state index contributed by atoms with van der Waals surface area (Å²) in [6.45, 7) is 4.65. The van der Waals surface area contributed by atoms with Gasteiger partial charge in [-0.2, -0.15) is 0 Å². The van der Waals surface area contributed by atoms with Gasteiger partial charge in [0.05, 0.1) is 0 Å². The zero-order chi connectivity index (χ0) is 28.3. The van der Waals surface area contributed by atoms with Crippen molar-refractivity contribution in [1.82, 2.24) is 19.9 Å². The summed E-state index contributed by atoms with van der Waals surface area (Å²) in [4.78, 5) is 27.1. The van der Waals surface area contributed by atoms with Crippen LogP contribution in [0.5, 0.6) is 5.75 Å². The van der Waals surface area contributed by atoms with Gasteiger partial charge in [0.25, 0.3) is 0 Å². The number of aryl methyl sites for hydroxylation is 3.